The van der Waals surface area contributed by atoms with E-state index >= 15 is 0 Å². The highest BCUT2D eigenvalue weighted by Crippen LogP contribution is 2.43. The van der Waals surface area contributed by atoms with Crippen molar-refractivity contribution in [2.45, 2.75) is 56.9 Å². The molecule has 0 saturated heterocycles. The van der Waals surface area contributed by atoms with E-state index in [2.05, 4.69) is 36.5 Å². The molecule has 118 valence electrons. The maximum atomic E-state index is 12.2. The van der Waals surface area contributed by atoms with Crippen LogP contribution in [-0.2, 0) is 10.2 Å². The Morgan fingerprint density at radius 1 is 1.33 bits per heavy atom. The van der Waals surface area contributed by atoms with Crippen molar-refractivity contribution in [3.63, 3.8) is 0 Å². The number of hydrogen-bond acceptors (Lipinski definition) is 2. The number of carbonyl (C=O) groups excluding carboxylic acids is 1. The highest BCUT2D eigenvalue weighted by atomic mass is 35.5. The summed E-state index contributed by atoms with van der Waals surface area (Å²) in [6, 6.07) is 10.5. The van der Waals surface area contributed by atoms with E-state index in [1.54, 1.807) is 0 Å². The Bertz CT molecular complexity index is 455. The molecule has 0 bridgehead atoms. The predicted molar refractivity (Wildman–Crippen MR) is 89.7 cm³/mol. The Balaban J connectivity index is 0.00000220. The van der Waals surface area contributed by atoms with Gasteiger partial charge in [0.05, 0.1) is 5.54 Å². The smallest absolute Gasteiger partial charge is 0.239 e. The van der Waals surface area contributed by atoms with Crippen molar-refractivity contribution >= 4 is 18.3 Å². The number of benzene rings is 1. The fraction of sp³-hybridized carbons (Fsp3) is 0.588. The van der Waals surface area contributed by atoms with Gasteiger partial charge in [0, 0.05) is 12.0 Å². The Labute approximate surface area is 134 Å². The number of rotatable bonds is 6. The van der Waals surface area contributed by atoms with Gasteiger partial charge >= 0.3 is 0 Å². The quantitative estimate of drug-likeness (QED) is 0.848. The number of nitrogens with one attached hydrogen (secondary N) is 1. The van der Waals surface area contributed by atoms with E-state index in [4.69, 9.17) is 5.73 Å². The van der Waals surface area contributed by atoms with Crippen LogP contribution in [0.5, 0.6) is 0 Å². The van der Waals surface area contributed by atoms with E-state index in [0.717, 1.165) is 25.7 Å². The number of amides is 1. The molecule has 1 saturated carbocycles. The normalized spacial score (nSPS) is 18.8. The zero-order chi connectivity index (χ0) is 14.6. The molecule has 0 radical (unpaired) electrons. The second-order valence-corrected chi connectivity index (χ2v) is 6.35. The van der Waals surface area contributed by atoms with Gasteiger partial charge in [0.15, 0.2) is 0 Å². The third-order valence-corrected chi connectivity index (χ3v) is 4.57. The first-order valence-electron chi connectivity index (χ1n) is 7.63. The van der Waals surface area contributed by atoms with Crippen LogP contribution in [0.15, 0.2) is 30.3 Å². The van der Waals surface area contributed by atoms with Gasteiger partial charge in [-0.25, -0.2) is 0 Å². The maximum absolute atomic E-state index is 12.2. The lowest BCUT2D eigenvalue weighted by atomic mass is 9.64. The molecule has 0 aromatic heterocycles. The van der Waals surface area contributed by atoms with Crippen LogP contribution in [0.1, 0.15) is 51.5 Å². The molecule has 1 amide bonds. The Morgan fingerprint density at radius 3 is 2.43 bits per heavy atom. The highest BCUT2D eigenvalue weighted by Gasteiger charge is 2.39. The minimum absolute atomic E-state index is 0. The first kappa shape index (κ1) is 18.0. The second-order valence-electron chi connectivity index (χ2n) is 6.35. The van der Waals surface area contributed by atoms with Gasteiger partial charge in [0.2, 0.25) is 5.91 Å². The zero-order valence-corrected chi connectivity index (χ0v) is 13.8. The van der Waals surface area contributed by atoms with Crippen LogP contribution in [-0.4, -0.2) is 18.0 Å². The van der Waals surface area contributed by atoms with Crippen molar-refractivity contribution in [1.82, 2.24) is 5.32 Å². The monoisotopic (exact) mass is 310 g/mol. The standard InChI is InChI=1S/C17H26N2O.ClH/c1-3-10-16(2,18)15(20)19-13-17(11-7-12-17)14-8-5-4-6-9-14;/h4-6,8-9H,3,7,10-13,18H2,1-2H3,(H,19,20);1H. The molecule has 4 heteroatoms. The fourth-order valence-electron chi connectivity index (χ4n) is 3.05. The Morgan fingerprint density at radius 2 is 1.95 bits per heavy atom. The molecule has 1 aromatic carbocycles. The van der Waals surface area contributed by atoms with Gasteiger partial charge < -0.3 is 11.1 Å². The third kappa shape index (κ3) is 3.98. The van der Waals surface area contributed by atoms with Gasteiger partial charge in [0.25, 0.3) is 0 Å². The molecule has 1 aliphatic rings. The van der Waals surface area contributed by atoms with Gasteiger partial charge in [-0.3, -0.25) is 4.79 Å². The van der Waals surface area contributed by atoms with Crippen molar-refractivity contribution in [1.29, 1.82) is 0 Å². The molecule has 3 N–H and O–H groups in total. The van der Waals surface area contributed by atoms with E-state index in [0.29, 0.717) is 6.54 Å². The van der Waals surface area contributed by atoms with Crippen LogP contribution in [0.2, 0.25) is 0 Å². The number of halogens is 1. The fourth-order valence-corrected chi connectivity index (χ4v) is 3.05. The molecule has 1 unspecified atom stereocenters. The topological polar surface area (TPSA) is 55.1 Å². The van der Waals surface area contributed by atoms with E-state index in [1.807, 2.05) is 13.0 Å². The molecular formula is C17H27ClN2O. The summed E-state index contributed by atoms with van der Waals surface area (Å²) in [4.78, 5) is 12.2. The van der Waals surface area contributed by atoms with Crippen molar-refractivity contribution in [3.05, 3.63) is 35.9 Å². The summed E-state index contributed by atoms with van der Waals surface area (Å²) in [5, 5.41) is 3.09. The Kier molecular flexibility index (Phi) is 6.24. The summed E-state index contributed by atoms with van der Waals surface area (Å²) >= 11 is 0. The summed E-state index contributed by atoms with van der Waals surface area (Å²) in [7, 11) is 0. The van der Waals surface area contributed by atoms with Crippen LogP contribution in [0.4, 0.5) is 0 Å². The van der Waals surface area contributed by atoms with Gasteiger partial charge in [0.1, 0.15) is 0 Å². The highest BCUT2D eigenvalue weighted by molar-refractivity contribution is 5.85. The first-order chi connectivity index (χ1) is 9.50. The molecule has 1 aromatic rings. The molecule has 2 rings (SSSR count). The summed E-state index contributed by atoms with van der Waals surface area (Å²) in [5.41, 5.74) is 6.79. The van der Waals surface area contributed by atoms with Gasteiger partial charge in [-0.1, -0.05) is 50.1 Å². The summed E-state index contributed by atoms with van der Waals surface area (Å²) in [5.74, 6) is -0.0263. The molecule has 0 heterocycles. The molecule has 1 aliphatic carbocycles. The van der Waals surface area contributed by atoms with Crippen molar-refractivity contribution in [2.75, 3.05) is 6.54 Å². The molecule has 1 fully saturated rings. The van der Waals surface area contributed by atoms with Crippen molar-refractivity contribution in [3.8, 4) is 0 Å². The van der Waals surface area contributed by atoms with Crippen LogP contribution in [0.3, 0.4) is 0 Å². The summed E-state index contributed by atoms with van der Waals surface area (Å²) < 4.78 is 0. The van der Waals surface area contributed by atoms with Crippen LogP contribution >= 0.6 is 12.4 Å². The van der Waals surface area contributed by atoms with Crippen LogP contribution in [0, 0.1) is 0 Å². The molecule has 0 spiro atoms. The van der Waals surface area contributed by atoms with E-state index in [-0.39, 0.29) is 23.7 Å². The Hall–Kier alpha value is -1.06. The largest absolute Gasteiger partial charge is 0.354 e. The minimum atomic E-state index is -0.754. The summed E-state index contributed by atoms with van der Waals surface area (Å²) in [6.45, 7) is 4.57. The summed E-state index contributed by atoms with van der Waals surface area (Å²) in [6.07, 6.45) is 5.17. The molecule has 0 aliphatic heterocycles. The van der Waals surface area contributed by atoms with E-state index in [9.17, 15) is 4.79 Å². The van der Waals surface area contributed by atoms with Crippen LogP contribution in [0.25, 0.3) is 0 Å². The molecule has 3 nitrogen and oxygen atoms in total. The molecule has 21 heavy (non-hydrogen) atoms. The van der Waals surface area contributed by atoms with E-state index < -0.39 is 5.54 Å². The lowest BCUT2D eigenvalue weighted by Crippen LogP contribution is -2.55. The molecule has 1 atom stereocenters. The third-order valence-electron chi connectivity index (χ3n) is 4.57. The SMILES string of the molecule is CCCC(C)(N)C(=O)NCC1(c2ccccc2)CCC1.Cl. The van der Waals surface area contributed by atoms with Gasteiger partial charge in [-0.2, -0.15) is 0 Å². The van der Waals surface area contributed by atoms with E-state index in [1.165, 1.54) is 12.0 Å². The maximum Gasteiger partial charge on any atom is 0.239 e. The number of carbonyl (C=O) groups is 1. The minimum Gasteiger partial charge on any atom is -0.354 e. The van der Waals surface area contributed by atoms with Crippen molar-refractivity contribution < 1.29 is 4.79 Å². The van der Waals surface area contributed by atoms with Gasteiger partial charge in [-0.15, -0.1) is 12.4 Å². The average Bonchev–Trinajstić information content (AvgIpc) is 2.38. The average molecular weight is 311 g/mol. The predicted octanol–water partition coefficient (Wildman–Crippen LogP) is 3.16. The lowest BCUT2D eigenvalue weighted by molar-refractivity contribution is -0.126. The molecular weight excluding hydrogens is 284 g/mol. The second kappa shape index (κ2) is 7.28. The number of nitrogens with two attached hydrogens (primary N) is 1. The van der Waals surface area contributed by atoms with Crippen molar-refractivity contribution in [2.24, 2.45) is 5.73 Å². The zero-order valence-electron chi connectivity index (χ0n) is 13.0. The number of hydrogen-bond donors (Lipinski definition) is 2. The van der Waals surface area contributed by atoms with Gasteiger partial charge in [-0.05, 0) is 31.7 Å². The lowest BCUT2D eigenvalue weighted by Gasteiger charge is -2.43. The van der Waals surface area contributed by atoms with Crippen LogP contribution < -0.4 is 11.1 Å². The first-order valence-corrected chi connectivity index (χ1v) is 7.63.